The van der Waals surface area contributed by atoms with Crippen LogP contribution in [-0.4, -0.2) is 46.8 Å². The monoisotopic (exact) mass is 432 g/mol. The van der Waals surface area contributed by atoms with Gasteiger partial charge >= 0.3 is 12.2 Å². The van der Waals surface area contributed by atoms with Crippen LogP contribution >= 0.6 is 11.6 Å². The van der Waals surface area contributed by atoms with Crippen molar-refractivity contribution in [2.75, 3.05) is 6.61 Å². The smallest absolute Gasteiger partial charge is 0.394 e. The quantitative estimate of drug-likeness (QED) is 0.693. The van der Waals surface area contributed by atoms with Gasteiger partial charge in [0, 0.05) is 5.02 Å². The Morgan fingerprint density at radius 2 is 1.90 bits per heavy atom. The second kappa shape index (κ2) is 8.92. The molecule has 3 atom stereocenters. The van der Waals surface area contributed by atoms with Gasteiger partial charge in [0.2, 0.25) is 5.91 Å². The molecule has 29 heavy (non-hydrogen) atoms. The first-order chi connectivity index (χ1) is 13.7. The molecule has 0 radical (unpaired) electrons. The molecule has 5 nitrogen and oxygen atoms in total. The Morgan fingerprint density at radius 1 is 1.24 bits per heavy atom. The summed E-state index contributed by atoms with van der Waals surface area (Å²) >= 11 is 6.10. The molecule has 3 amide bonds. The number of amides is 3. The molecule has 1 aromatic rings. The number of halogens is 4. The number of hydrogen-bond donors (Lipinski definition) is 2. The van der Waals surface area contributed by atoms with E-state index in [0.717, 1.165) is 6.42 Å². The van der Waals surface area contributed by atoms with Crippen molar-refractivity contribution in [2.24, 2.45) is 11.8 Å². The lowest BCUT2D eigenvalue weighted by atomic mass is 9.82. The first kappa shape index (κ1) is 21.9. The second-order valence-electron chi connectivity index (χ2n) is 7.73. The molecule has 9 heteroatoms. The van der Waals surface area contributed by atoms with Gasteiger partial charge in [0.05, 0.1) is 18.6 Å². The molecular formula is C20H24ClF3N2O3. The number of β-lactam (4-membered cyclic amide) rings is 1. The van der Waals surface area contributed by atoms with Crippen LogP contribution in [0.5, 0.6) is 0 Å². The van der Waals surface area contributed by atoms with Crippen molar-refractivity contribution in [2.45, 2.75) is 56.8 Å². The Morgan fingerprint density at radius 3 is 2.48 bits per heavy atom. The number of likely N-dealkylation sites (tertiary alicyclic amines) is 1. The van der Waals surface area contributed by atoms with E-state index in [2.05, 4.69) is 0 Å². The van der Waals surface area contributed by atoms with Gasteiger partial charge < -0.3 is 10.4 Å². The third-order valence-electron chi connectivity index (χ3n) is 5.91. The molecule has 1 heterocycles. The summed E-state index contributed by atoms with van der Waals surface area (Å²) in [6.07, 6.45) is -1.36. The highest BCUT2D eigenvalue weighted by atomic mass is 35.5. The van der Waals surface area contributed by atoms with Crippen molar-refractivity contribution in [1.82, 2.24) is 10.2 Å². The SMILES string of the molecule is O=C(NC(C1CCCCC1)C(F)(F)F)N1C(=O)[C@H](Cc2ccccc2Cl)C1CO. The van der Waals surface area contributed by atoms with Gasteiger partial charge in [-0.15, -0.1) is 0 Å². The van der Waals surface area contributed by atoms with E-state index in [0.29, 0.717) is 41.2 Å². The molecule has 2 fully saturated rings. The minimum Gasteiger partial charge on any atom is -0.394 e. The summed E-state index contributed by atoms with van der Waals surface area (Å²) in [6, 6.07) is 2.91. The zero-order valence-electron chi connectivity index (χ0n) is 15.8. The fourth-order valence-electron chi connectivity index (χ4n) is 4.33. The molecule has 0 spiro atoms. The van der Waals surface area contributed by atoms with E-state index in [1.54, 1.807) is 24.3 Å². The largest absolute Gasteiger partial charge is 0.408 e. The van der Waals surface area contributed by atoms with Gasteiger partial charge in [-0.1, -0.05) is 49.1 Å². The molecule has 1 aromatic carbocycles. The topological polar surface area (TPSA) is 69.6 Å². The van der Waals surface area contributed by atoms with Crippen molar-refractivity contribution in [3.05, 3.63) is 34.9 Å². The van der Waals surface area contributed by atoms with Crippen LogP contribution < -0.4 is 5.32 Å². The number of aliphatic hydroxyl groups excluding tert-OH is 1. The number of nitrogens with one attached hydrogen (secondary N) is 1. The number of benzene rings is 1. The Bertz CT molecular complexity index is 753. The molecular weight excluding hydrogens is 409 g/mol. The molecule has 2 N–H and O–H groups in total. The minimum atomic E-state index is -4.60. The average molecular weight is 433 g/mol. The van der Waals surface area contributed by atoms with Crippen LogP contribution in [0.2, 0.25) is 5.02 Å². The molecule has 0 aromatic heterocycles. The fourth-order valence-corrected chi connectivity index (χ4v) is 4.54. The summed E-state index contributed by atoms with van der Waals surface area (Å²) in [5.74, 6) is -2.01. The van der Waals surface area contributed by atoms with Gasteiger partial charge in [0.25, 0.3) is 0 Å². The lowest BCUT2D eigenvalue weighted by molar-refractivity contribution is -0.170. The number of aliphatic hydroxyl groups is 1. The van der Waals surface area contributed by atoms with Gasteiger partial charge in [0.1, 0.15) is 6.04 Å². The maximum absolute atomic E-state index is 13.6. The third kappa shape index (κ3) is 4.69. The van der Waals surface area contributed by atoms with Gasteiger partial charge in [0.15, 0.2) is 0 Å². The number of alkyl halides is 3. The number of urea groups is 1. The first-order valence-electron chi connectivity index (χ1n) is 9.78. The Hall–Kier alpha value is -1.80. The maximum Gasteiger partial charge on any atom is 0.408 e. The van der Waals surface area contributed by atoms with E-state index in [1.807, 2.05) is 5.32 Å². The maximum atomic E-state index is 13.6. The summed E-state index contributed by atoms with van der Waals surface area (Å²) in [4.78, 5) is 25.8. The van der Waals surface area contributed by atoms with Crippen LogP contribution in [0.3, 0.4) is 0 Å². The Kier molecular flexibility index (Phi) is 6.73. The molecule has 1 saturated carbocycles. The number of imide groups is 1. The molecule has 1 aliphatic carbocycles. The Balaban J connectivity index is 1.69. The van der Waals surface area contributed by atoms with Gasteiger partial charge in [-0.05, 0) is 36.8 Å². The summed E-state index contributed by atoms with van der Waals surface area (Å²) in [5.41, 5.74) is 0.682. The lowest BCUT2D eigenvalue weighted by Gasteiger charge is -2.45. The number of carbonyl (C=O) groups excluding carboxylic acids is 2. The highest BCUT2D eigenvalue weighted by Gasteiger charge is 2.53. The normalized spacial score (nSPS) is 24.2. The van der Waals surface area contributed by atoms with Crippen LogP contribution in [0.4, 0.5) is 18.0 Å². The summed E-state index contributed by atoms with van der Waals surface area (Å²) in [5, 5.41) is 12.1. The van der Waals surface area contributed by atoms with Crippen LogP contribution in [0, 0.1) is 11.8 Å². The van der Waals surface area contributed by atoms with E-state index in [9.17, 15) is 27.9 Å². The van der Waals surface area contributed by atoms with E-state index in [4.69, 9.17) is 11.6 Å². The molecule has 2 unspecified atom stereocenters. The predicted molar refractivity (Wildman–Crippen MR) is 101 cm³/mol. The molecule has 2 aliphatic rings. The number of hydrogen-bond acceptors (Lipinski definition) is 3. The van der Waals surface area contributed by atoms with E-state index in [-0.39, 0.29) is 6.42 Å². The highest BCUT2D eigenvalue weighted by Crippen LogP contribution is 2.36. The minimum absolute atomic E-state index is 0.207. The average Bonchev–Trinajstić information content (AvgIpc) is 2.68. The standard InChI is InChI=1S/C20H24ClF3N2O3/c21-15-9-5-4-8-13(15)10-14-16(11-27)26(18(14)28)19(29)25-17(20(22,23)24)12-6-2-1-3-7-12/h4-5,8-9,12,14,16-17,27H,1-3,6-7,10-11H2,(H,25,29)/t14-,16?,17?/m1/s1. The highest BCUT2D eigenvalue weighted by molar-refractivity contribution is 6.31. The molecule has 1 aliphatic heterocycles. The number of rotatable bonds is 5. The van der Waals surface area contributed by atoms with Crippen molar-refractivity contribution < 1.29 is 27.9 Å². The zero-order valence-corrected chi connectivity index (χ0v) is 16.5. The van der Waals surface area contributed by atoms with E-state index < -0.39 is 48.6 Å². The molecule has 3 rings (SSSR count). The van der Waals surface area contributed by atoms with E-state index >= 15 is 0 Å². The van der Waals surface area contributed by atoms with Gasteiger partial charge in [-0.3, -0.25) is 9.69 Å². The Labute approximate surface area is 172 Å². The molecule has 160 valence electrons. The van der Waals surface area contributed by atoms with Gasteiger partial charge in [-0.25, -0.2) is 4.79 Å². The zero-order chi connectivity index (χ0) is 21.2. The van der Waals surface area contributed by atoms with Crippen LogP contribution in [0.1, 0.15) is 37.7 Å². The third-order valence-corrected chi connectivity index (χ3v) is 6.28. The summed E-state index contributed by atoms with van der Waals surface area (Å²) in [7, 11) is 0. The number of carbonyl (C=O) groups is 2. The lowest BCUT2D eigenvalue weighted by Crippen LogP contribution is -2.69. The summed E-state index contributed by atoms with van der Waals surface area (Å²) in [6.45, 7) is -0.519. The number of nitrogens with zero attached hydrogens (tertiary/aromatic N) is 1. The van der Waals surface area contributed by atoms with E-state index in [1.165, 1.54) is 0 Å². The fraction of sp³-hybridized carbons (Fsp3) is 0.600. The van der Waals surface area contributed by atoms with Crippen molar-refractivity contribution in [3.63, 3.8) is 0 Å². The van der Waals surface area contributed by atoms with Crippen LogP contribution in [0.25, 0.3) is 0 Å². The van der Waals surface area contributed by atoms with Crippen LogP contribution in [-0.2, 0) is 11.2 Å². The van der Waals surface area contributed by atoms with Crippen molar-refractivity contribution >= 4 is 23.5 Å². The van der Waals surface area contributed by atoms with Gasteiger partial charge in [-0.2, -0.15) is 13.2 Å². The summed E-state index contributed by atoms with van der Waals surface area (Å²) < 4.78 is 40.7. The molecule has 0 bridgehead atoms. The van der Waals surface area contributed by atoms with Crippen molar-refractivity contribution in [1.29, 1.82) is 0 Å². The second-order valence-corrected chi connectivity index (χ2v) is 8.13. The first-order valence-corrected chi connectivity index (χ1v) is 10.2. The predicted octanol–water partition coefficient (Wildman–Crippen LogP) is 3.92. The van der Waals surface area contributed by atoms with Crippen LogP contribution in [0.15, 0.2) is 24.3 Å². The van der Waals surface area contributed by atoms with Crippen molar-refractivity contribution in [3.8, 4) is 0 Å². The molecule has 1 saturated heterocycles.